The van der Waals surface area contributed by atoms with E-state index in [1.165, 1.54) is 30.0 Å². The lowest BCUT2D eigenvalue weighted by Gasteiger charge is -2.15. The highest BCUT2D eigenvalue weighted by Crippen LogP contribution is 2.16. The normalized spacial score (nSPS) is 11.5. The molecule has 0 saturated heterocycles. The first-order valence-corrected chi connectivity index (χ1v) is 11.4. The number of carbonyl (C=O) groups is 5. The van der Waals surface area contributed by atoms with Crippen molar-refractivity contribution in [3.63, 3.8) is 0 Å². The second kappa shape index (κ2) is 15.6. The van der Waals surface area contributed by atoms with Crippen LogP contribution in [0.3, 0.4) is 0 Å². The van der Waals surface area contributed by atoms with Crippen LogP contribution < -0.4 is 16.0 Å². The van der Waals surface area contributed by atoms with Gasteiger partial charge in [0.15, 0.2) is 0 Å². The summed E-state index contributed by atoms with van der Waals surface area (Å²) < 4.78 is 13.8. The smallest absolute Gasteiger partial charge is 0.246 e. The summed E-state index contributed by atoms with van der Waals surface area (Å²) in [7, 11) is 1.63. The van der Waals surface area contributed by atoms with E-state index in [-0.39, 0.29) is 36.2 Å². The van der Waals surface area contributed by atoms with Gasteiger partial charge in [0, 0.05) is 37.5 Å². The van der Waals surface area contributed by atoms with E-state index in [2.05, 4.69) is 28.6 Å². The third-order valence-corrected chi connectivity index (χ3v) is 5.14. The first-order valence-electron chi connectivity index (χ1n) is 10.8. The predicted octanol–water partition coefficient (Wildman–Crippen LogP) is 1.59. The zero-order chi connectivity index (χ0) is 25.5. The highest BCUT2D eigenvalue weighted by Gasteiger charge is 2.17. The summed E-state index contributed by atoms with van der Waals surface area (Å²) in [6.07, 6.45) is 5.07. The highest BCUT2D eigenvalue weighted by atomic mass is 32.1. The van der Waals surface area contributed by atoms with E-state index in [0.717, 1.165) is 6.08 Å². The van der Waals surface area contributed by atoms with Crippen LogP contribution in [-0.4, -0.2) is 61.0 Å². The molecule has 0 aliphatic rings. The van der Waals surface area contributed by atoms with E-state index in [0.29, 0.717) is 37.7 Å². The van der Waals surface area contributed by atoms with E-state index in [4.69, 9.17) is 0 Å². The van der Waals surface area contributed by atoms with Gasteiger partial charge >= 0.3 is 0 Å². The Kier molecular flexibility index (Phi) is 13.2. The zero-order valence-electron chi connectivity index (χ0n) is 19.3. The maximum absolute atomic E-state index is 13.8. The van der Waals surface area contributed by atoms with Gasteiger partial charge in [0.1, 0.15) is 18.1 Å². The first kappa shape index (κ1) is 28.8. The number of nitrogens with one attached hydrogen (secondary N) is 3. The lowest BCUT2D eigenvalue weighted by molar-refractivity contribution is -0.128. The summed E-state index contributed by atoms with van der Waals surface area (Å²) >= 11 is 4.01. The van der Waals surface area contributed by atoms with Crippen LogP contribution in [0, 0.1) is 5.82 Å². The number of anilines is 1. The fourth-order valence-electron chi connectivity index (χ4n) is 2.80. The SMILES string of the molecule is CC(NC(=O)CNC(=O)CCCCCN(C)C(=O)/C=C\C=O)C(=O)Nc1ccc(CS)c(F)c1. The van der Waals surface area contributed by atoms with Gasteiger partial charge in [0.25, 0.3) is 0 Å². The van der Waals surface area contributed by atoms with Gasteiger partial charge < -0.3 is 20.9 Å². The van der Waals surface area contributed by atoms with Crippen LogP contribution in [0.25, 0.3) is 0 Å². The largest absolute Gasteiger partial charge is 0.347 e. The Morgan fingerprint density at radius 2 is 1.88 bits per heavy atom. The van der Waals surface area contributed by atoms with Crippen molar-refractivity contribution < 1.29 is 28.4 Å². The summed E-state index contributed by atoms with van der Waals surface area (Å²) in [5, 5.41) is 7.48. The Hall–Kier alpha value is -3.21. The van der Waals surface area contributed by atoms with E-state index >= 15 is 0 Å². The van der Waals surface area contributed by atoms with Gasteiger partial charge in [-0.2, -0.15) is 12.6 Å². The molecule has 0 aromatic heterocycles. The van der Waals surface area contributed by atoms with Gasteiger partial charge in [-0.1, -0.05) is 12.5 Å². The van der Waals surface area contributed by atoms with Crippen LogP contribution in [-0.2, 0) is 29.7 Å². The highest BCUT2D eigenvalue weighted by molar-refractivity contribution is 7.79. The van der Waals surface area contributed by atoms with Crippen molar-refractivity contribution >= 4 is 48.2 Å². The summed E-state index contributed by atoms with van der Waals surface area (Å²) in [4.78, 5) is 59.4. The molecule has 0 aliphatic heterocycles. The van der Waals surface area contributed by atoms with Crippen LogP contribution >= 0.6 is 12.6 Å². The van der Waals surface area contributed by atoms with E-state index in [9.17, 15) is 28.4 Å². The van der Waals surface area contributed by atoms with Crippen LogP contribution in [0.15, 0.2) is 30.4 Å². The molecule has 1 aromatic carbocycles. The van der Waals surface area contributed by atoms with Crippen LogP contribution in [0.2, 0.25) is 0 Å². The molecule has 0 aliphatic carbocycles. The number of rotatable bonds is 14. The van der Waals surface area contributed by atoms with E-state index in [1.54, 1.807) is 13.1 Å². The third-order valence-electron chi connectivity index (χ3n) is 4.80. The number of likely N-dealkylation sites (N-methyl/N-ethyl adjacent to an activating group) is 1. The molecule has 0 radical (unpaired) electrons. The molecule has 9 nitrogen and oxygen atoms in total. The molecular weight excluding hydrogens is 463 g/mol. The molecule has 11 heteroatoms. The Bertz CT molecular complexity index is 909. The fraction of sp³-hybridized carbons (Fsp3) is 0.435. The van der Waals surface area contributed by atoms with Crippen molar-refractivity contribution in [3.05, 3.63) is 41.7 Å². The molecule has 0 fully saturated rings. The molecule has 0 saturated carbocycles. The number of hydrogen-bond acceptors (Lipinski definition) is 6. The van der Waals surface area contributed by atoms with Crippen LogP contribution in [0.4, 0.5) is 10.1 Å². The molecule has 1 aromatic rings. The monoisotopic (exact) mass is 494 g/mol. The fourth-order valence-corrected chi connectivity index (χ4v) is 3.06. The predicted molar refractivity (Wildman–Crippen MR) is 130 cm³/mol. The quantitative estimate of drug-likeness (QED) is 0.135. The maximum atomic E-state index is 13.8. The van der Waals surface area contributed by atoms with Gasteiger partial charge in [-0.15, -0.1) is 0 Å². The number of nitrogens with zero attached hydrogens (tertiary/aromatic N) is 1. The number of allylic oxidation sites excluding steroid dienone is 1. The number of hydrogen-bond donors (Lipinski definition) is 4. The van der Waals surface area contributed by atoms with Crippen molar-refractivity contribution in [1.82, 2.24) is 15.5 Å². The summed E-state index contributed by atoms with van der Waals surface area (Å²) in [5.41, 5.74) is 0.666. The molecular formula is C23H31FN4O5S. The first-order chi connectivity index (χ1) is 16.2. The van der Waals surface area contributed by atoms with Crippen molar-refractivity contribution in [1.29, 1.82) is 0 Å². The number of aldehydes is 1. The minimum absolute atomic E-state index is 0.222. The number of carbonyl (C=O) groups excluding carboxylic acids is 5. The molecule has 0 heterocycles. The average Bonchev–Trinajstić information content (AvgIpc) is 2.80. The Labute approximate surface area is 203 Å². The summed E-state index contributed by atoms with van der Waals surface area (Å²) in [6, 6.07) is 3.35. The molecule has 34 heavy (non-hydrogen) atoms. The number of halogens is 1. The van der Waals surface area contributed by atoms with E-state index in [1.807, 2.05) is 0 Å². The number of unbranched alkanes of at least 4 members (excludes halogenated alkanes) is 2. The molecule has 186 valence electrons. The Morgan fingerprint density at radius 1 is 1.15 bits per heavy atom. The molecule has 3 N–H and O–H groups in total. The van der Waals surface area contributed by atoms with Crippen molar-refractivity contribution in [3.8, 4) is 0 Å². The van der Waals surface area contributed by atoms with Crippen LogP contribution in [0.1, 0.15) is 38.2 Å². The number of benzene rings is 1. The second-order valence-corrected chi connectivity index (χ2v) is 7.90. The van der Waals surface area contributed by atoms with Crippen molar-refractivity contribution in [2.75, 3.05) is 25.5 Å². The van der Waals surface area contributed by atoms with Crippen molar-refractivity contribution in [2.24, 2.45) is 0 Å². The molecule has 1 unspecified atom stereocenters. The number of thiol groups is 1. The second-order valence-electron chi connectivity index (χ2n) is 7.59. The minimum Gasteiger partial charge on any atom is -0.347 e. The van der Waals surface area contributed by atoms with Gasteiger partial charge in [-0.3, -0.25) is 24.0 Å². The standard InChI is InChI=1S/C23H31FN4O5S/c1-16(23(33)27-18-10-9-17(15-34)19(24)13-18)26-21(31)14-25-20(30)7-4-3-5-11-28(2)22(32)8-6-12-29/h6,8-10,12-13,16,34H,3-5,7,11,14-15H2,1-2H3,(H,25,30)(H,26,31)(H,27,33)/b8-6-. The molecule has 0 spiro atoms. The van der Waals surface area contributed by atoms with Crippen molar-refractivity contribution in [2.45, 2.75) is 44.4 Å². The number of amides is 4. The average molecular weight is 495 g/mol. The third kappa shape index (κ3) is 11.1. The Morgan fingerprint density at radius 3 is 2.53 bits per heavy atom. The molecule has 0 bridgehead atoms. The molecule has 1 rings (SSSR count). The maximum Gasteiger partial charge on any atom is 0.246 e. The van der Waals surface area contributed by atoms with Gasteiger partial charge in [0.05, 0.1) is 6.54 Å². The van der Waals surface area contributed by atoms with Crippen LogP contribution in [0.5, 0.6) is 0 Å². The minimum atomic E-state index is -0.891. The zero-order valence-corrected chi connectivity index (χ0v) is 20.2. The van der Waals surface area contributed by atoms with Gasteiger partial charge in [0.2, 0.25) is 23.6 Å². The molecule has 1 atom stereocenters. The molecule has 4 amide bonds. The summed E-state index contributed by atoms with van der Waals surface area (Å²) in [6.45, 7) is 1.70. The lowest BCUT2D eigenvalue weighted by atomic mass is 10.2. The Balaban J connectivity index is 2.25. The topological polar surface area (TPSA) is 125 Å². The van der Waals surface area contributed by atoms with E-state index < -0.39 is 23.7 Å². The summed E-state index contributed by atoms with van der Waals surface area (Å²) in [5.74, 6) is -1.88. The van der Waals surface area contributed by atoms with Gasteiger partial charge in [-0.05, 0) is 43.5 Å². The van der Waals surface area contributed by atoms with Gasteiger partial charge in [-0.25, -0.2) is 4.39 Å². The lowest BCUT2D eigenvalue weighted by Crippen LogP contribution is -2.45.